The largest absolute Gasteiger partial charge is 0.466 e. The smallest absolute Gasteiger partial charge is 0.315 e. The van der Waals surface area contributed by atoms with Crippen LogP contribution in [-0.4, -0.2) is 25.2 Å². The SMILES string of the molecule is CCOC(=O)CCCCCCCCCCCCCCCNC(=O)NCc1ccccc1. The van der Waals surface area contributed by atoms with Crippen molar-refractivity contribution in [1.82, 2.24) is 10.6 Å². The average molecular weight is 433 g/mol. The highest BCUT2D eigenvalue weighted by Crippen LogP contribution is 2.13. The van der Waals surface area contributed by atoms with Crippen LogP contribution in [-0.2, 0) is 16.1 Å². The second kappa shape index (κ2) is 19.9. The number of benzene rings is 1. The van der Waals surface area contributed by atoms with Gasteiger partial charge in [0.1, 0.15) is 0 Å². The Kier molecular flexibility index (Phi) is 17.3. The maximum Gasteiger partial charge on any atom is 0.315 e. The van der Waals surface area contributed by atoms with E-state index in [4.69, 9.17) is 4.74 Å². The summed E-state index contributed by atoms with van der Waals surface area (Å²) in [6, 6.07) is 9.88. The van der Waals surface area contributed by atoms with Crippen LogP contribution in [0.25, 0.3) is 0 Å². The second-order valence-electron chi connectivity index (χ2n) is 8.25. The van der Waals surface area contributed by atoms with E-state index in [1.165, 1.54) is 64.2 Å². The molecule has 176 valence electrons. The molecule has 0 aliphatic heterocycles. The molecule has 2 N–H and O–H groups in total. The summed E-state index contributed by atoms with van der Waals surface area (Å²) in [6.07, 6.45) is 16.6. The monoisotopic (exact) mass is 432 g/mol. The molecule has 0 aliphatic rings. The van der Waals surface area contributed by atoms with E-state index >= 15 is 0 Å². The van der Waals surface area contributed by atoms with E-state index in [1.807, 2.05) is 37.3 Å². The molecule has 0 bridgehead atoms. The minimum absolute atomic E-state index is 0.0527. The van der Waals surface area contributed by atoms with E-state index in [0.717, 1.165) is 31.4 Å². The van der Waals surface area contributed by atoms with Gasteiger partial charge in [0.25, 0.3) is 0 Å². The summed E-state index contributed by atoms with van der Waals surface area (Å²) in [5.41, 5.74) is 1.11. The fourth-order valence-electron chi connectivity index (χ4n) is 3.61. The molecule has 1 aromatic rings. The van der Waals surface area contributed by atoms with Crippen LogP contribution in [0.3, 0.4) is 0 Å². The van der Waals surface area contributed by atoms with Gasteiger partial charge in [0.05, 0.1) is 6.61 Å². The minimum Gasteiger partial charge on any atom is -0.466 e. The molecule has 2 amide bonds. The van der Waals surface area contributed by atoms with Gasteiger partial charge in [-0.2, -0.15) is 0 Å². The standard InChI is InChI=1S/C26H44N2O3/c1-2-31-25(29)21-17-12-10-8-6-4-3-5-7-9-11-13-18-22-27-26(30)28-23-24-19-15-14-16-20-24/h14-16,19-20H,2-13,17-18,21-23H2,1H3,(H2,27,28,30). The number of nitrogens with one attached hydrogen (secondary N) is 2. The van der Waals surface area contributed by atoms with Gasteiger partial charge in [0, 0.05) is 19.5 Å². The van der Waals surface area contributed by atoms with Crippen LogP contribution in [0.4, 0.5) is 4.79 Å². The summed E-state index contributed by atoms with van der Waals surface area (Å²) in [6.45, 7) is 3.67. The van der Waals surface area contributed by atoms with Gasteiger partial charge in [-0.3, -0.25) is 4.79 Å². The molecule has 0 atom stereocenters. The summed E-state index contributed by atoms with van der Waals surface area (Å²) in [5.74, 6) is -0.0527. The van der Waals surface area contributed by atoms with Crippen LogP contribution in [0.5, 0.6) is 0 Å². The maximum atomic E-state index is 11.8. The Labute approximate surface area is 189 Å². The summed E-state index contributed by atoms with van der Waals surface area (Å²) < 4.78 is 4.94. The van der Waals surface area contributed by atoms with Crippen LogP contribution in [0, 0.1) is 0 Å². The Balaban J connectivity index is 1.75. The topological polar surface area (TPSA) is 67.4 Å². The minimum atomic E-state index is -0.0807. The third kappa shape index (κ3) is 17.3. The number of unbranched alkanes of at least 4 members (excludes halogenated alkanes) is 12. The third-order valence-corrected chi connectivity index (χ3v) is 5.44. The first kappa shape index (κ1) is 27.0. The first-order valence-corrected chi connectivity index (χ1v) is 12.4. The van der Waals surface area contributed by atoms with Gasteiger partial charge in [0.15, 0.2) is 0 Å². The molecule has 0 aromatic heterocycles. The number of hydrogen-bond donors (Lipinski definition) is 2. The molecule has 0 radical (unpaired) electrons. The van der Waals surface area contributed by atoms with Gasteiger partial charge in [-0.25, -0.2) is 4.79 Å². The van der Waals surface area contributed by atoms with Gasteiger partial charge in [-0.05, 0) is 25.3 Å². The molecular weight excluding hydrogens is 388 g/mol. The Bertz CT molecular complexity index is 563. The number of urea groups is 1. The van der Waals surface area contributed by atoms with Crippen LogP contribution in [0.2, 0.25) is 0 Å². The van der Waals surface area contributed by atoms with Gasteiger partial charge in [-0.15, -0.1) is 0 Å². The lowest BCUT2D eigenvalue weighted by atomic mass is 10.0. The zero-order chi connectivity index (χ0) is 22.4. The summed E-state index contributed by atoms with van der Waals surface area (Å²) in [5, 5.41) is 5.82. The maximum absolute atomic E-state index is 11.8. The summed E-state index contributed by atoms with van der Waals surface area (Å²) >= 11 is 0. The number of rotatable bonds is 19. The van der Waals surface area contributed by atoms with E-state index in [2.05, 4.69) is 10.6 Å². The van der Waals surface area contributed by atoms with Crippen molar-refractivity contribution in [2.45, 2.75) is 103 Å². The fourth-order valence-corrected chi connectivity index (χ4v) is 3.61. The molecule has 5 heteroatoms. The Morgan fingerprint density at radius 1 is 0.710 bits per heavy atom. The predicted molar refractivity (Wildman–Crippen MR) is 128 cm³/mol. The summed E-state index contributed by atoms with van der Waals surface area (Å²) in [4.78, 5) is 23.0. The molecular formula is C26H44N2O3. The van der Waals surface area contributed by atoms with Crippen molar-refractivity contribution in [3.8, 4) is 0 Å². The lowest BCUT2D eigenvalue weighted by molar-refractivity contribution is -0.143. The quantitative estimate of drug-likeness (QED) is 0.193. The van der Waals surface area contributed by atoms with E-state index in [9.17, 15) is 9.59 Å². The Hall–Kier alpha value is -2.04. The lowest BCUT2D eigenvalue weighted by Gasteiger charge is -2.07. The molecule has 0 spiro atoms. The van der Waals surface area contributed by atoms with E-state index < -0.39 is 0 Å². The first-order chi connectivity index (χ1) is 15.2. The van der Waals surface area contributed by atoms with Crippen LogP contribution in [0.1, 0.15) is 102 Å². The van der Waals surface area contributed by atoms with Crippen molar-refractivity contribution in [1.29, 1.82) is 0 Å². The molecule has 0 saturated heterocycles. The van der Waals surface area contributed by atoms with Crippen molar-refractivity contribution in [2.24, 2.45) is 0 Å². The van der Waals surface area contributed by atoms with Crippen LogP contribution < -0.4 is 10.6 Å². The highest BCUT2D eigenvalue weighted by Gasteiger charge is 2.01. The third-order valence-electron chi connectivity index (χ3n) is 5.44. The molecule has 31 heavy (non-hydrogen) atoms. The molecule has 0 fully saturated rings. The zero-order valence-electron chi connectivity index (χ0n) is 19.6. The van der Waals surface area contributed by atoms with E-state index in [1.54, 1.807) is 0 Å². The van der Waals surface area contributed by atoms with Gasteiger partial charge in [0.2, 0.25) is 0 Å². The molecule has 1 rings (SSSR count). The number of esters is 1. The fraction of sp³-hybridized carbons (Fsp3) is 0.692. The molecule has 0 aliphatic carbocycles. The molecule has 0 heterocycles. The number of carbonyl (C=O) groups excluding carboxylic acids is 2. The van der Waals surface area contributed by atoms with Crippen molar-refractivity contribution >= 4 is 12.0 Å². The first-order valence-electron chi connectivity index (χ1n) is 12.4. The Morgan fingerprint density at radius 3 is 1.77 bits per heavy atom. The molecule has 5 nitrogen and oxygen atoms in total. The van der Waals surface area contributed by atoms with Crippen LogP contribution >= 0.6 is 0 Å². The zero-order valence-corrected chi connectivity index (χ0v) is 19.6. The number of ether oxygens (including phenoxy) is 1. The number of carbonyl (C=O) groups is 2. The van der Waals surface area contributed by atoms with Gasteiger partial charge < -0.3 is 15.4 Å². The highest BCUT2D eigenvalue weighted by atomic mass is 16.5. The van der Waals surface area contributed by atoms with Crippen molar-refractivity contribution < 1.29 is 14.3 Å². The lowest BCUT2D eigenvalue weighted by Crippen LogP contribution is -2.35. The molecule has 1 aromatic carbocycles. The van der Waals surface area contributed by atoms with Gasteiger partial charge in [-0.1, -0.05) is 101 Å². The molecule has 0 unspecified atom stereocenters. The van der Waals surface area contributed by atoms with E-state index in [-0.39, 0.29) is 12.0 Å². The highest BCUT2D eigenvalue weighted by molar-refractivity contribution is 5.73. The molecule has 0 saturated carbocycles. The normalized spacial score (nSPS) is 10.6. The van der Waals surface area contributed by atoms with Crippen LogP contribution in [0.15, 0.2) is 30.3 Å². The van der Waals surface area contributed by atoms with Crippen molar-refractivity contribution in [3.63, 3.8) is 0 Å². The summed E-state index contributed by atoms with van der Waals surface area (Å²) in [7, 11) is 0. The Morgan fingerprint density at radius 2 is 1.23 bits per heavy atom. The van der Waals surface area contributed by atoms with E-state index in [0.29, 0.717) is 19.6 Å². The second-order valence-corrected chi connectivity index (χ2v) is 8.25. The van der Waals surface area contributed by atoms with Crippen molar-refractivity contribution in [3.05, 3.63) is 35.9 Å². The predicted octanol–water partition coefficient (Wildman–Crippen LogP) is 6.51. The average Bonchev–Trinajstić information content (AvgIpc) is 2.78. The number of amides is 2. The van der Waals surface area contributed by atoms with Gasteiger partial charge >= 0.3 is 12.0 Å². The number of hydrogen-bond acceptors (Lipinski definition) is 3. The van der Waals surface area contributed by atoms with Crippen molar-refractivity contribution in [2.75, 3.05) is 13.2 Å².